The van der Waals surface area contributed by atoms with Crippen LogP contribution in [0.5, 0.6) is 0 Å². The summed E-state index contributed by atoms with van der Waals surface area (Å²) in [6, 6.07) is 11.9. The van der Waals surface area contributed by atoms with Gasteiger partial charge in [-0.05, 0) is 61.7 Å². The van der Waals surface area contributed by atoms with Crippen LogP contribution in [0.25, 0.3) is 15.9 Å². The molecule has 210 valence electrons. The van der Waals surface area contributed by atoms with Gasteiger partial charge in [-0.3, -0.25) is 0 Å². The first-order valence-electron chi connectivity index (χ1n) is 13.1. The summed E-state index contributed by atoms with van der Waals surface area (Å²) in [5.74, 6) is 0.620. The van der Waals surface area contributed by atoms with Crippen LogP contribution >= 0.6 is 22.9 Å². The number of hydrogen-bond acceptors (Lipinski definition) is 8. The van der Waals surface area contributed by atoms with Gasteiger partial charge in [-0.2, -0.15) is 5.10 Å². The quantitative estimate of drug-likeness (QED) is 0.171. The van der Waals surface area contributed by atoms with Gasteiger partial charge in [0.05, 0.1) is 26.5 Å². The first-order valence-corrected chi connectivity index (χ1v) is 15.8. The van der Waals surface area contributed by atoms with Crippen LogP contribution in [0.3, 0.4) is 0 Å². The lowest BCUT2D eigenvalue weighted by molar-refractivity contribution is 0.444. The molecule has 4 rings (SSSR count). The molecule has 0 aliphatic rings. The highest BCUT2D eigenvalue weighted by Crippen LogP contribution is 2.34. The first-order chi connectivity index (χ1) is 18.7. The highest BCUT2D eigenvalue weighted by molar-refractivity contribution is 7.89. The molecule has 0 bridgehead atoms. The van der Waals surface area contributed by atoms with Gasteiger partial charge >= 0.3 is 0 Å². The zero-order valence-corrected chi connectivity index (χ0v) is 25.4. The number of aryl methyl sites for hydroxylation is 1. The lowest BCUT2D eigenvalue weighted by Crippen LogP contribution is -2.29. The molecule has 0 radical (unpaired) electrons. The minimum Gasteiger partial charge on any atom is -0.382 e. The Labute approximate surface area is 239 Å². The Morgan fingerprint density at radius 3 is 2.51 bits per heavy atom. The first kappa shape index (κ1) is 30.7. The average Bonchev–Trinajstić information content (AvgIpc) is 3.47. The third kappa shape index (κ3) is 7.63. The van der Waals surface area contributed by atoms with E-state index in [9.17, 15) is 8.42 Å². The number of aromatic nitrogens is 3. The van der Waals surface area contributed by atoms with E-state index >= 15 is 0 Å². The maximum absolute atomic E-state index is 12.8. The van der Waals surface area contributed by atoms with E-state index < -0.39 is 10.0 Å². The SMILES string of the molecule is CC.CCCCC(CC)CNS(=O)(=O)c1ccc(-n2nc(C)c(N=Nc3nc4cc(Cl)ccc4s3)c2N)cc1. The number of benzene rings is 2. The van der Waals surface area contributed by atoms with E-state index in [4.69, 9.17) is 17.3 Å². The summed E-state index contributed by atoms with van der Waals surface area (Å²) in [5.41, 5.74) is 8.71. The number of nitrogen functional groups attached to an aromatic ring is 1. The summed E-state index contributed by atoms with van der Waals surface area (Å²) >= 11 is 7.43. The predicted molar refractivity (Wildman–Crippen MR) is 161 cm³/mol. The normalized spacial score (nSPS) is 12.6. The fraction of sp³-hybridized carbons (Fsp3) is 0.407. The number of sulfonamides is 1. The molecule has 9 nitrogen and oxygen atoms in total. The molecular weight excluding hydrogens is 554 g/mol. The number of nitrogens with two attached hydrogens (primary N) is 1. The van der Waals surface area contributed by atoms with Crippen LogP contribution in [0.4, 0.5) is 16.6 Å². The Hall–Kier alpha value is -2.86. The number of halogens is 1. The van der Waals surface area contributed by atoms with Gasteiger partial charge in [0, 0.05) is 11.6 Å². The van der Waals surface area contributed by atoms with E-state index in [2.05, 4.69) is 38.9 Å². The zero-order chi connectivity index (χ0) is 28.6. The van der Waals surface area contributed by atoms with Gasteiger partial charge < -0.3 is 5.73 Å². The van der Waals surface area contributed by atoms with E-state index in [1.807, 2.05) is 19.9 Å². The second-order valence-electron chi connectivity index (χ2n) is 8.80. The van der Waals surface area contributed by atoms with Crippen LogP contribution < -0.4 is 10.5 Å². The molecule has 0 saturated carbocycles. The third-order valence-corrected chi connectivity index (χ3v) is 8.73. The summed E-state index contributed by atoms with van der Waals surface area (Å²) < 4.78 is 30.8. The number of anilines is 1. The van der Waals surface area contributed by atoms with Crippen molar-refractivity contribution in [2.75, 3.05) is 12.3 Å². The van der Waals surface area contributed by atoms with Gasteiger partial charge in [-0.1, -0.05) is 69.9 Å². The summed E-state index contributed by atoms with van der Waals surface area (Å²) in [5, 5.41) is 14.1. The molecule has 2 aromatic carbocycles. The Kier molecular flexibility index (Phi) is 11.0. The van der Waals surface area contributed by atoms with Crippen LogP contribution in [-0.2, 0) is 10.0 Å². The lowest BCUT2D eigenvalue weighted by Gasteiger charge is -2.15. The van der Waals surface area contributed by atoms with Crippen LogP contribution in [0.15, 0.2) is 57.6 Å². The van der Waals surface area contributed by atoms with Crippen molar-refractivity contribution in [2.24, 2.45) is 16.1 Å². The molecule has 0 aliphatic carbocycles. The van der Waals surface area contributed by atoms with Gasteiger partial charge in [-0.15, -0.1) is 10.2 Å². The molecule has 0 saturated heterocycles. The highest BCUT2D eigenvalue weighted by atomic mass is 35.5. The van der Waals surface area contributed by atoms with Crippen molar-refractivity contribution < 1.29 is 8.42 Å². The third-order valence-electron chi connectivity index (χ3n) is 6.13. The van der Waals surface area contributed by atoms with Crippen molar-refractivity contribution in [1.29, 1.82) is 0 Å². The number of fused-ring (bicyclic) bond motifs is 1. The summed E-state index contributed by atoms with van der Waals surface area (Å²) in [4.78, 5) is 4.63. The smallest absolute Gasteiger partial charge is 0.240 e. The fourth-order valence-corrected chi connectivity index (χ4v) is 5.95. The van der Waals surface area contributed by atoms with Crippen molar-refractivity contribution in [3.63, 3.8) is 0 Å². The molecule has 2 heterocycles. The molecule has 0 amide bonds. The van der Waals surface area contributed by atoms with Crippen molar-refractivity contribution in [2.45, 2.75) is 65.2 Å². The molecule has 0 spiro atoms. The van der Waals surface area contributed by atoms with E-state index in [1.165, 1.54) is 16.0 Å². The highest BCUT2D eigenvalue weighted by Gasteiger charge is 2.18. The Balaban J connectivity index is 0.00000205. The van der Waals surface area contributed by atoms with Crippen molar-refractivity contribution in [3.8, 4) is 5.69 Å². The molecule has 1 unspecified atom stereocenters. The maximum atomic E-state index is 12.8. The number of nitrogens with one attached hydrogen (secondary N) is 1. The largest absolute Gasteiger partial charge is 0.382 e. The molecule has 39 heavy (non-hydrogen) atoms. The van der Waals surface area contributed by atoms with Crippen LogP contribution in [0.2, 0.25) is 5.02 Å². The minimum absolute atomic E-state index is 0.194. The van der Waals surface area contributed by atoms with Crippen LogP contribution in [0, 0.1) is 12.8 Å². The molecular formula is C27H36ClN7O2S2. The average molecular weight is 590 g/mol. The van der Waals surface area contributed by atoms with E-state index in [0.29, 0.717) is 45.5 Å². The number of thiazole rings is 1. The van der Waals surface area contributed by atoms with Gasteiger partial charge in [0.25, 0.3) is 0 Å². The monoisotopic (exact) mass is 589 g/mol. The second kappa shape index (κ2) is 14.0. The molecule has 2 aromatic heterocycles. The molecule has 0 fully saturated rings. The van der Waals surface area contributed by atoms with Crippen LogP contribution in [-0.4, -0.2) is 29.7 Å². The molecule has 0 aliphatic heterocycles. The van der Waals surface area contributed by atoms with Crippen molar-refractivity contribution >= 4 is 59.8 Å². The molecule has 12 heteroatoms. The van der Waals surface area contributed by atoms with Crippen molar-refractivity contribution in [1.82, 2.24) is 19.5 Å². The van der Waals surface area contributed by atoms with Crippen LogP contribution in [0.1, 0.15) is 59.1 Å². The summed E-state index contributed by atoms with van der Waals surface area (Å²) in [7, 11) is -3.61. The number of hydrogen-bond donors (Lipinski definition) is 2. The standard InChI is InChI=1S/C25H30ClN7O2S2.C2H6/c1-4-6-7-17(5-2)15-28-37(34,35)20-11-9-19(10-12-20)33-24(27)23(16(3)32-33)30-31-25-29-21-14-18(26)8-13-22(21)36-25;1-2/h8-14,17,28H,4-7,15,27H2,1-3H3;1-2H3. The van der Waals surface area contributed by atoms with Crippen molar-refractivity contribution in [3.05, 3.63) is 53.2 Å². The van der Waals surface area contributed by atoms with Gasteiger partial charge in [0.2, 0.25) is 15.2 Å². The number of nitrogens with zero attached hydrogens (tertiary/aromatic N) is 5. The van der Waals surface area contributed by atoms with Gasteiger partial charge in [-0.25, -0.2) is 22.8 Å². The number of azo groups is 1. The Bertz CT molecular complexity index is 1510. The molecule has 1 atom stereocenters. The van der Waals surface area contributed by atoms with E-state index in [-0.39, 0.29) is 4.90 Å². The summed E-state index contributed by atoms with van der Waals surface area (Å²) in [6.45, 7) is 10.4. The maximum Gasteiger partial charge on any atom is 0.240 e. The van der Waals surface area contributed by atoms with Gasteiger partial charge in [0.15, 0.2) is 11.5 Å². The topological polar surface area (TPSA) is 128 Å². The van der Waals surface area contributed by atoms with Gasteiger partial charge in [0.1, 0.15) is 0 Å². The fourth-order valence-electron chi connectivity index (χ4n) is 3.90. The number of rotatable bonds is 11. The molecule has 4 aromatic rings. The Morgan fingerprint density at radius 2 is 1.85 bits per heavy atom. The molecule has 3 N–H and O–H groups in total. The second-order valence-corrected chi connectivity index (χ2v) is 12.0. The summed E-state index contributed by atoms with van der Waals surface area (Å²) in [6.07, 6.45) is 4.14. The number of unbranched alkanes of at least 4 members (excludes halogenated alkanes) is 1. The minimum atomic E-state index is -3.61. The van der Waals surface area contributed by atoms with E-state index in [1.54, 1.807) is 43.3 Å². The Morgan fingerprint density at radius 1 is 1.13 bits per heavy atom. The predicted octanol–water partition coefficient (Wildman–Crippen LogP) is 7.96. The zero-order valence-electron chi connectivity index (χ0n) is 23.0. The lowest BCUT2D eigenvalue weighted by atomic mass is 10.00. The van der Waals surface area contributed by atoms with E-state index in [0.717, 1.165) is 35.9 Å².